The predicted molar refractivity (Wildman–Crippen MR) is 159 cm³/mol. The molecule has 11 heteroatoms. The highest BCUT2D eigenvalue weighted by atomic mass is 19.1. The van der Waals surface area contributed by atoms with Crippen LogP contribution in [0.1, 0.15) is 31.9 Å². The highest BCUT2D eigenvalue weighted by Crippen LogP contribution is 2.45. The van der Waals surface area contributed by atoms with Gasteiger partial charge < -0.3 is 39.4 Å². The van der Waals surface area contributed by atoms with Gasteiger partial charge in [0, 0.05) is 30.3 Å². The van der Waals surface area contributed by atoms with Crippen molar-refractivity contribution in [2.75, 3.05) is 37.6 Å². The molecule has 2 atom stereocenters. The van der Waals surface area contributed by atoms with E-state index < -0.39 is 36.1 Å². The molecule has 0 unspecified atom stereocenters. The Morgan fingerprint density at radius 1 is 1.07 bits per heavy atom. The van der Waals surface area contributed by atoms with E-state index in [0.717, 1.165) is 16.8 Å². The van der Waals surface area contributed by atoms with Crippen molar-refractivity contribution in [3.05, 3.63) is 65.5 Å². The molecule has 0 saturated carbocycles. The molecule has 230 valence electrons. The molecule has 0 aliphatic carbocycles. The Bertz CT molecular complexity index is 1510. The fraction of sp³-hybridized carbons (Fsp3) is 0.375. The number of aliphatic hydroxyl groups is 2. The van der Waals surface area contributed by atoms with Crippen molar-refractivity contribution in [1.82, 2.24) is 0 Å². The summed E-state index contributed by atoms with van der Waals surface area (Å²) in [6, 6.07) is 13.4. The Balaban J connectivity index is 1.69. The van der Waals surface area contributed by atoms with Gasteiger partial charge in [-0.05, 0) is 63.1 Å². The Morgan fingerprint density at radius 2 is 1.79 bits per heavy atom. The number of benzene rings is 3. The van der Waals surface area contributed by atoms with E-state index >= 15 is 0 Å². The minimum absolute atomic E-state index is 0.00826. The number of aliphatic hydroxyl groups excluding tert-OH is 2. The molecule has 4 rings (SSSR count). The quantitative estimate of drug-likeness (QED) is 0.279. The average molecular weight is 597 g/mol. The zero-order valence-corrected chi connectivity index (χ0v) is 25.1. The summed E-state index contributed by atoms with van der Waals surface area (Å²) in [5, 5.41) is 21.6. The molecule has 1 aliphatic heterocycles. The second-order valence-corrected chi connectivity index (χ2v) is 10.9. The second-order valence-electron chi connectivity index (χ2n) is 10.9. The number of amides is 1. The second kappa shape index (κ2) is 12.9. The highest BCUT2D eigenvalue weighted by Gasteiger charge is 2.38. The molecule has 1 aliphatic rings. The van der Waals surface area contributed by atoms with Gasteiger partial charge in [0.2, 0.25) is 0 Å². The lowest BCUT2D eigenvalue weighted by atomic mass is 9.91. The van der Waals surface area contributed by atoms with Gasteiger partial charge in [0.05, 0.1) is 25.1 Å². The largest absolute Gasteiger partial charge is 0.496 e. The molecule has 43 heavy (non-hydrogen) atoms. The number of likely N-dealkylation sites (N-methyl/N-ethyl adjacent to an activating group) is 1. The van der Waals surface area contributed by atoms with E-state index in [1.54, 1.807) is 43.1 Å². The minimum atomic E-state index is -1.61. The van der Waals surface area contributed by atoms with Crippen molar-refractivity contribution < 1.29 is 43.1 Å². The normalized spacial score (nSPS) is 15.2. The van der Waals surface area contributed by atoms with Crippen molar-refractivity contribution in [1.29, 1.82) is 0 Å². The first-order chi connectivity index (χ1) is 20.4. The maximum Gasteiger partial charge on any atom is 0.337 e. The summed E-state index contributed by atoms with van der Waals surface area (Å²) in [6.07, 6.45) is -2.31. The molecule has 0 aromatic heterocycles. The number of aryl methyl sites for hydroxylation is 1. The molecule has 0 bridgehead atoms. The molecule has 3 N–H and O–H groups in total. The van der Waals surface area contributed by atoms with Gasteiger partial charge in [-0.15, -0.1) is 0 Å². The van der Waals surface area contributed by atoms with Crippen LogP contribution in [-0.4, -0.2) is 67.2 Å². The Kier molecular flexibility index (Phi) is 9.46. The van der Waals surface area contributed by atoms with Gasteiger partial charge in [-0.1, -0.05) is 12.1 Å². The molecule has 0 radical (unpaired) electrons. The Morgan fingerprint density at radius 3 is 2.49 bits per heavy atom. The standard InChI is InChI=1S/C32H37FN2O8/c1-18-7-8-20(33)13-27(18)42-17-24-22(11-12-25-29(24)35(5)31(39)32(3,4)34-25)23-10-9-21(14-28(23)40-6)41-16-19(2)43-30(38)26(37)15-36/h7-14,19,26,34,36-37H,15-17H2,1-6H3/t19-,26-/m0/s1. The lowest BCUT2D eigenvalue weighted by molar-refractivity contribution is -0.161. The molecule has 0 fully saturated rings. The van der Waals surface area contributed by atoms with Crippen molar-refractivity contribution in [2.24, 2.45) is 0 Å². The summed E-state index contributed by atoms with van der Waals surface area (Å²) in [4.78, 5) is 26.6. The average Bonchev–Trinajstić information content (AvgIpc) is 2.98. The summed E-state index contributed by atoms with van der Waals surface area (Å²) in [5.41, 5.74) is 3.45. The summed E-state index contributed by atoms with van der Waals surface area (Å²) >= 11 is 0. The first-order valence-corrected chi connectivity index (χ1v) is 13.8. The Labute approximate surface area is 249 Å². The fourth-order valence-electron chi connectivity index (χ4n) is 4.89. The highest BCUT2D eigenvalue weighted by molar-refractivity contribution is 6.08. The number of rotatable bonds is 11. The van der Waals surface area contributed by atoms with Crippen LogP contribution >= 0.6 is 0 Å². The van der Waals surface area contributed by atoms with E-state index in [1.165, 1.54) is 19.2 Å². The number of anilines is 2. The van der Waals surface area contributed by atoms with E-state index in [0.29, 0.717) is 34.1 Å². The van der Waals surface area contributed by atoms with Crippen molar-refractivity contribution in [2.45, 2.75) is 52.0 Å². The zero-order valence-electron chi connectivity index (χ0n) is 25.1. The topological polar surface area (TPSA) is 127 Å². The molecule has 1 amide bonds. The SMILES string of the molecule is COc1cc(OC[C@H](C)OC(=O)[C@@H](O)CO)ccc1-c1ccc2c(c1COc1cc(F)ccc1C)N(C)C(=O)C(C)(C)N2. The first-order valence-electron chi connectivity index (χ1n) is 13.8. The van der Waals surface area contributed by atoms with Crippen LogP contribution in [0.15, 0.2) is 48.5 Å². The van der Waals surface area contributed by atoms with E-state index in [1.807, 2.05) is 32.9 Å². The van der Waals surface area contributed by atoms with Crippen LogP contribution in [0, 0.1) is 12.7 Å². The van der Waals surface area contributed by atoms with Crippen LogP contribution in [0.4, 0.5) is 15.8 Å². The van der Waals surface area contributed by atoms with E-state index in [-0.39, 0.29) is 19.1 Å². The molecule has 0 spiro atoms. The lowest BCUT2D eigenvalue weighted by Gasteiger charge is -2.39. The van der Waals surface area contributed by atoms with Crippen molar-refractivity contribution >= 4 is 23.3 Å². The number of ether oxygens (including phenoxy) is 4. The first kappa shape index (κ1) is 31.6. The van der Waals surface area contributed by atoms with Gasteiger partial charge in [-0.2, -0.15) is 0 Å². The molecule has 3 aromatic carbocycles. The summed E-state index contributed by atoms with van der Waals surface area (Å²) in [6.45, 7) is 6.34. The van der Waals surface area contributed by atoms with Gasteiger partial charge in [-0.3, -0.25) is 4.79 Å². The van der Waals surface area contributed by atoms with Crippen molar-refractivity contribution in [3.8, 4) is 28.4 Å². The molecular weight excluding hydrogens is 559 g/mol. The molecule has 0 saturated heterocycles. The number of halogens is 1. The smallest absolute Gasteiger partial charge is 0.337 e. The third kappa shape index (κ3) is 6.84. The van der Waals surface area contributed by atoms with Gasteiger partial charge in [0.25, 0.3) is 5.91 Å². The molecular formula is C32H37FN2O8. The van der Waals surface area contributed by atoms with Crippen LogP contribution in [-0.2, 0) is 20.9 Å². The van der Waals surface area contributed by atoms with Crippen LogP contribution in [0.25, 0.3) is 11.1 Å². The number of hydrogen-bond donors (Lipinski definition) is 3. The number of nitrogens with one attached hydrogen (secondary N) is 1. The summed E-state index contributed by atoms with van der Waals surface area (Å²) in [7, 11) is 3.24. The van der Waals surface area contributed by atoms with Gasteiger partial charge in [0.1, 0.15) is 47.9 Å². The van der Waals surface area contributed by atoms with Gasteiger partial charge in [0.15, 0.2) is 6.10 Å². The Hall–Kier alpha value is -4.35. The summed E-state index contributed by atoms with van der Waals surface area (Å²) in [5.74, 6) is -0.191. The maximum absolute atomic E-state index is 14.0. The molecule has 1 heterocycles. The maximum atomic E-state index is 14.0. The lowest BCUT2D eigenvalue weighted by Crippen LogP contribution is -2.52. The molecule has 3 aromatic rings. The number of nitrogens with zero attached hydrogens (tertiary/aromatic N) is 1. The number of hydrogen-bond acceptors (Lipinski definition) is 9. The van der Waals surface area contributed by atoms with E-state index in [9.17, 15) is 19.1 Å². The summed E-state index contributed by atoms with van der Waals surface area (Å²) < 4.78 is 36.8. The third-order valence-corrected chi connectivity index (χ3v) is 7.14. The third-order valence-electron chi connectivity index (χ3n) is 7.14. The minimum Gasteiger partial charge on any atom is -0.496 e. The fourth-order valence-corrected chi connectivity index (χ4v) is 4.89. The van der Waals surface area contributed by atoms with E-state index in [4.69, 9.17) is 24.1 Å². The van der Waals surface area contributed by atoms with Crippen LogP contribution in [0.5, 0.6) is 17.2 Å². The molecule has 10 nitrogen and oxygen atoms in total. The zero-order chi connectivity index (χ0) is 31.5. The van der Waals surface area contributed by atoms with Crippen molar-refractivity contribution in [3.63, 3.8) is 0 Å². The number of methoxy groups -OCH3 is 1. The number of carbonyl (C=O) groups is 2. The van der Waals surface area contributed by atoms with E-state index in [2.05, 4.69) is 5.32 Å². The predicted octanol–water partition coefficient (Wildman–Crippen LogP) is 4.22. The monoisotopic (exact) mass is 596 g/mol. The number of fused-ring (bicyclic) bond motifs is 1. The number of esters is 1. The van der Waals surface area contributed by atoms with Gasteiger partial charge >= 0.3 is 5.97 Å². The van der Waals surface area contributed by atoms with Crippen LogP contribution in [0.3, 0.4) is 0 Å². The van der Waals surface area contributed by atoms with Crippen LogP contribution < -0.4 is 24.4 Å². The van der Waals surface area contributed by atoms with Gasteiger partial charge in [-0.25, -0.2) is 9.18 Å². The number of carbonyl (C=O) groups excluding carboxylic acids is 2. The van der Waals surface area contributed by atoms with Crippen LogP contribution in [0.2, 0.25) is 0 Å².